The largest absolute Gasteiger partial charge is 0.388 e. The zero-order valence-corrected chi connectivity index (χ0v) is 13.0. The van der Waals surface area contributed by atoms with Crippen LogP contribution in [0.5, 0.6) is 0 Å². The van der Waals surface area contributed by atoms with Crippen molar-refractivity contribution in [1.29, 1.82) is 0 Å². The summed E-state index contributed by atoms with van der Waals surface area (Å²) in [6.07, 6.45) is 5.71. The average molecular weight is 329 g/mol. The molecule has 0 aromatic carbocycles. The first-order valence-electron chi connectivity index (χ1n) is 6.69. The fraction of sp³-hybridized carbons (Fsp3) is 0.692. The van der Waals surface area contributed by atoms with Crippen LogP contribution in [0.25, 0.3) is 0 Å². The second-order valence-corrected chi connectivity index (χ2v) is 6.27. The minimum absolute atomic E-state index is 0.524. The molecule has 6 heteroatoms. The molecule has 0 radical (unpaired) electrons. The molecule has 3 N–H and O–H groups in total. The van der Waals surface area contributed by atoms with Gasteiger partial charge in [-0.1, -0.05) is 19.8 Å². The van der Waals surface area contributed by atoms with Crippen LogP contribution >= 0.6 is 15.9 Å². The molecule has 106 valence electrons. The summed E-state index contributed by atoms with van der Waals surface area (Å²) in [5.74, 6) is 1.86. The van der Waals surface area contributed by atoms with Gasteiger partial charge in [-0.2, -0.15) is 4.98 Å². The van der Waals surface area contributed by atoms with E-state index in [1.807, 2.05) is 0 Å². The van der Waals surface area contributed by atoms with Crippen molar-refractivity contribution in [2.75, 3.05) is 24.2 Å². The molecule has 2 unspecified atom stereocenters. The summed E-state index contributed by atoms with van der Waals surface area (Å²) >= 11 is 3.42. The van der Waals surface area contributed by atoms with Crippen molar-refractivity contribution in [1.82, 2.24) is 9.97 Å². The Kier molecular flexibility index (Phi) is 4.62. The van der Waals surface area contributed by atoms with E-state index in [2.05, 4.69) is 43.5 Å². The normalized spacial score (nSPS) is 27.1. The van der Waals surface area contributed by atoms with Crippen molar-refractivity contribution in [2.24, 2.45) is 5.92 Å². The Labute approximate surface area is 122 Å². The lowest BCUT2D eigenvalue weighted by atomic mass is 9.79. The highest BCUT2D eigenvalue weighted by molar-refractivity contribution is 9.10. The van der Waals surface area contributed by atoms with Gasteiger partial charge in [0.15, 0.2) is 0 Å². The smallest absolute Gasteiger partial charge is 0.224 e. The maximum Gasteiger partial charge on any atom is 0.224 e. The number of hydrogen-bond acceptors (Lipinski definition) is 5. The van der Waals surface area contributed by atoms with Crippen molar-refractivity contribution in [3.63, 3.8) is 0 Å². The lowest BCUT2D eigenvalue weighted by Gasteiger charge is -2.35. The van der Waals surface area contributed by atoms with Crippen LogP contribution in [0.3, 0.4) is 0 Å². The Hall–Kier alpha value is -0.880. The number of aliphatic hydroxyl groups is 1. The molecule has 1 saturated carbocycles. The van der Waals surface area contributed by atoms with E-state index in [1.54, 1.807) is 13.2 Å². The van der Waals surface area contributed by atoms with Crippen LogP contribution in [0.2, 0.25) is 0 Å². The van der Waals surface area contributed by atoms with Crippen molar-refractivity contribution in [3.8, 4) is 0 Å². The lowest BCUT2D eigenvalue weighted by Crippen LogP contribution is -2.41. The topological polar surface area (TPSA) is 70.1 Å². The van der Waals surface area contributed by atoms with E-state index in [1.165, 1.54) is 6.42 Å². The number of nitrogens with zero attached hydrogens (tertiary/aromatic N) is 2. The molecular weight excluding hydrogens is 308 g/mol. The van der Waals surface area contributed by atoms with Crippen LogP contribution in [-0.2, 0) is 0 Å². The third kappa shape index (κ3) is 3.79. The fourth-order valence-electron chi connectivity index (χ4n) is 2.65. The standard InChI is InChI=1S/C13H21BrN4O/c1-9-4-3-5-13(19,6-9)8-17-11-10(14)7-16-12(15-2)18-11/h7,9,19H,3-6,8H2,1-2H3,(H2,15,16,17,18). The summed E-state index contributed by atoms with van der Waals surface area (Å²) in [5.41, 5.74) is -0.623. The van der Waals surface area contributed by atoms with E-state index < -0.39 is 5.60 Å². The molecule has 1 fully saturated rings. The van der Waals surface area contributed by atoms with Gasteiger partial charge in [0.1, 0.15) is 5.82 Å². The molecule has 1 aliphatic rings. The minimum atomic E-state index is -0.623. The molecule has 1 heterocycles. The van der Waals surface area contributed by atoms with Crippen molar-refractivity contribution >= 4 is 27.7 Å². The van der Waals surface area contributed by atoms with Crippen LogP contribution in [0.1, 0.15) is 32.6 Å². The highest BCUT2D eigenvalue weighted by Gasteiger charge is 2.32. The van der Waals surface area contributed by atoms with Gasteiger partial charge in [0.25, 0.3) is 0 Å². The zero-order chi connectivity index (χ0) is 13.9. The van der Waals surface area contributed by atoms with Crippen LogP contribution in [0.15, 0.2) is 10.7 Å². The molecule has 0 amide bonds. The van der Waals surface area contributed by atoms with Crippen LogP contribution in [-0.4, -0.2) is 34.3 Å². The van der Waals surface area contributed by atoms with Crippen molar-refractivity contribution in [2.45, 2.75) is 38.2 Å². The number of rotatable bonds is 4. The molecule has 1 aromatic heterocycles. The highest BCUT2D eigenvalue weighted by Crippen LogP contribution is 2.32. The number of nitrogens with one attached hydrogen (secondary N) is 2. The minimum Gasteiger partial charge on any atom is -0.388 e. The van der Waals surface area contributed by atoms with Gasteiger partial charge in [0.2, 0.25) is 5.95 Å². The summed E-state index contributed by atoms with van der Waals surface area (Å²) < 4.78 is 0.805. The zero-order valence-electron chi connectivity index (χ0n) is 11.4. The molecule has 19 heavy (non-hydrogen) atoms. The van der Waals surface area contributed by atoms with Crippen molar-refractivity contribution in [3.05, 3.63) is 10.7 Å². The monoisotopic (exact) mass is 328 g/mol. The Morgan fingerprint density at radius 2 is 2.37 bits per heavy atom. The molecule has 0 spiro atoms. The van der Waals surface area contributed by atoms with Gasteiger partial charge in [-0.25, -0.2) is 4.98 Å². The third-order valence-corrected chi connectivity index (χ3v) is 4.20. The molecular formula is C13H21BrN4O. The third-order valence-electron chi connectivity index (χ3n) is 3.62. The average Bonchev–Trinajstić information content (AvgIpc) is 2.37. The van der Waals surface area contributed by atoms with Gasteiger partial charge in [-0.15, -0.1) is 0 Å². The summed E-state index contributed by atoms with van der Waals surface area (Å²) in [7, 11) is 1.78. The fourth-order valence-corrected chi connectivity index (χ4v) is 2.98. The number of aromatic nitrogens is 2. The first-order chi connectivity index (χ1) is 9.02. The van der Waals surface area contributed by atoms with Crippen LogP contribution in [0, 0.1) is 5.92 Å². The Bertz CT molecular complexity index is 443. The molecule has 0 aliphatic heterocycles. The van der Waals surface area contributed by atoms with Crippen LogP contribution in [0.4, 0.5) is 11.8 Å². The predicted molar refractivity (Wildman–Crippen MR) is 80.4 cm³/mol. The summed E-state index contributed by atoms with van der Waals surface area (Å²) in [4.78, 5) is 8.44. The van der Waals surface area contributed by atoms with Gasteiger partial charge in [0, 0.05) is 19.8 Å². The second-order valence-electron chi connectivity index (χ2n) is 5.42. The second kappa shape index (κ2) is 6.05. The number of anilines is 2. The molecule has 2 atom stereocenters. The van der Waals surface area contributed by atoms with E-state index in [-0.39, 0.29) is 0 Å². The summed E-state index contributed by atoms with van der Waals surface area (Å²) in [6, 6.07) is 0. The maximum atomic E-state index is 10.6. The summed E-state index contributed by atoms with van der Waals surface area (Å²) in [6.45, 7) is 2.72. The Morgan fingerprint density at radius 1 is 1.58 bits per heavy atom. The SMILES string of the molecule is CNc1ncc(Br)c(NCC2(O)CCCC(C)C2)n1. The van der Waals surface area contributed by atoms with Gasteiger partial charge < -0.3 is 15.7 Å². The quantitative estimate of drug-likeness (QED) is 0.792. The molecule has 1 aromatic rings. The molecule has 1 aliphatic carbocycles. The molecule has 5 nitrogen and oxygen atoms in total. The Balaban J connectivity index is 2.01. The highest BCUT2D eigenvalue weighted by atomic mass is 79.9. The van der Waals surface area contributed by atoms with E-state index in [4.69, 9.17) is 0 Å². The molecule has 0 saturated heterocycles. The lowest BCUT2D eigenvalue weighted by molar-refractivity contribution is -0.000837. The number of hydrogen-bond donors (Lipinski definition) is 3. The van der Waals surface area contributed by atoms with Gasteiger partial charge in [0.05, 0.1) is 10.1 Å². The van der Waals surface area contributed by atoms with E-state index in [9.17, 15) is 5.11 Å². The molecule has 2 rings (SSSR count). The van der Waals surface area contributed by atoms with E-state index in [0.717, 1.165) is 23.7 Å². The summed E-state index contributed by atoms with van der Waals surface area (Å²) in [5, 5.41) is 16.7. The first kappa shape index (κ1) is 14.5. The first-order valence-corrected chi connectivity index (χ1v) is 7.48. The van der Waals surface area contributed by atoms with Crippen LogP contribution < -0.4 is 10.6 Å². The van der Waals surface area contributed by atoms with Gasteiger partial charge in [-0.05, 0) is 34.7 Å². The predicted octanol–water partition coefficient (Wildman–Crippen LogP) is 2.63. The molecule has 0 bridgehead atoms. The Morgan fingerprint density at radius 3 is 3.05 bits per heavy atom. The van der Waals surface area contributed by atoms with Gasteiger partial charge >= 0.3 is 0 Å². The van der Waals surface area contributed by atoms with E-state index in [0.29, 0.717) is 24.2 Å². The van der Waals surface area contributed by atoms with E-state index >= 15 is 0 Å². The maximum absolute atomic E-state index is 10.6. The van der Waals surface area contributed by atoms with Crippen molar-refractivity contribution < 1.29 is 5.11 Å². The van der Waals surface area contributed by atoms with Gasteiger partial charge in [-0.3, -0.25) is 0 Å². The number of halogens is 1.